The van der Waals surface area contributed by atoms with Gasteiger partial charge in [0.25, 0.3) is 0 Å². The van der Waals surface area contributed by atoms with E-state index >= 15 is 0 Å². The highest BCUT2D eigenvalue weighted by Gasteiger charge is 2.27. The molecule has 2 aliphatic rings. The van der Waals surface area contributed by atoms with Gasteiger partial charge in [-0.1, -0.05) is 0 Å². The molecule has 0 bridgehead atoms. The maximum absolute atomic E-state index is 12.1. The Bertz CT molecular complexity index is 734. The van der Waals surface area contributed by atoms with E-state index in [2.05, 4.69) is 21.4 Å². The summed E-state index contributed by atoms with van der Waals surface area (Å²) in [6, 6.07) is 4.14. The van der Waals surface area contributed by atoms with E-state index in [1.54, 1.807) is 6.26 Å². The van der Waals surface area contributed by atoms with Gasteiger partial charge in [0.15, 0.2) is 0 Å². The first-order valence-electron chi connectivity index (χ1n) is 9.38. The van der Waals surface area contributed by atoms with Gasteiger partial charge >= 0.3 is 0 Å². The van der Waals surface area contributed by atoms with Crippen molar-refractivity contribution in [1.29, 1.82) is 0 Å². The molecule has 1 saturated heterocycles. The lowest BCUT2D eigenvalue weighted by Crippen LogP contribution is -2.37. The van der Waals surface area contributed by atoms with Crippen LogP contribution in [-0.4, -0.2) is 51.5 Å². The summed E-state index contributed by atoms with van der Waals surface area (Å²) in [5.74, 6) is 2.12. The van der Waals surface area contributed by atoms with Gasteiger partial charge in [-0.2, -0.15) is 0 Å². The number of imidazole rings is 1. The quantitative estimate of drug-likeness (QED) is 0.792. The third-order valence-corrected chi connectivity index (χ3v) is 5.37. The van der Waals surface area contributed by atoms with Crippen LogP contribution >= 0.6 is 0 Å². The molecule has 1 amide bonds. The molecule has 0 radical (unpaired) electrons. The van der Waals surface area contributed by atoms with Crippen molar-refractivity contribution in [1.82, 2.24) is 19.4 Å². The topological polar surface area (TPSA) is 63.7 Å². The Labute approximate surface area is 153 Å². The van der Waals surface area contributed by atoms with E-state index in [9.17, 15) is 4.79 Å². The van der Waals surface area contributed by atoms with Crippen LogP contribution in [0.5, 0.6) is 0 Å². The van der Waals surface area contributed by atoms with Crippen molar-refractivity contribution in [2.24, 2.45) is 0 Å². The minimum atomic E-state index is 0.0962. The molecule has 2 aliphatic heterocycles. The fraction of sp³-hybridized carbons (Fsp3) is 0.579. The normalized spacial score (nSPS) is 20.5. The van der Waals surface area contributed by atoms with Crippen molar-refractivity contribution in [3.8, 4) is 0 Å². The fourth-order valence-electron chi connectivity index (χ4n) is 3.84. The van der Waals surface area contributed by atoms with Crippen molar-refractivity contribution >= 4 is 5.91 Å². The van der Waals surface area contributed by atoms with Crippen LogP contribution in [0.4, 0.5) is 0 Å². The Hall–Kier alpha value is -2.12. The van der Waals surface area contributed by atoms with Gasteiger partial charge in [-0.05, 0) is 31.9 Å². The molecule has 0 saturated carbocycles. The van der Waals surface area contributed by atoms with Crippen LogP contribution in [0.1, 0.15) is 43.1 Å². The highest BCUT2D eigenvalue weighted by atomic mass is 16.5. The average Bonchev–Trinajstić information content (AvgIpc) is 3.39. The molecule has 0 unspecified atom stereocenters. The largest absolute Gasteiger partial charge is 0.468 e. The van der Waals surface area contributed by atoms with Crippen LogP contribution in [0.2, 0.25) is 0 Å². The number of fused-ring (bicyclic) bond motifs is 1. The van der Waals surface area contributed by atoms with E-state index in [1.807, 2.05) is 23.2 Å². The number of hydrogen-bond donors (Lipinski definition) is 0. The molecule has 0 N–H and O–H groups in total. The molecule has 2 aromatic heterocycles. The highest BCUT2D eigenvalue weighted by Crippen LogP contribution is 2.27. The van der Waals surface area contributed by atoms with Gasteiger partial charge in [-0.15, -0.1) is 0 Å². The summed E-state index contributed by atoms with van der Waals surface area (Å²) in [7, 11) is 0. The standard InChI is InChI=1S/C19H26N4O3/c1-15-19-20-11-16(13-25-14-18(24)21-6-2-3-7-21)23(19)9-8-22(15)12-17-5-4-10-26-17/h4-5,10-11,15H,2-3,6-9,12-14H2,1H3/t15-/m1/s1. The molecule has 7 nitrogen and oxygen atoms in total. The van der Waals surface area contributed by atoms with Crippen LogP contribution in [-0.2, 0) is 29.2 Å². The molecule has 4 rings (SSSR count). The lowest BCUT2D eigenvalue weighted by Gasteiger charge is -2.33. The third-order valence-electron chi connectivity index (χ3n) is 5.37. The molecule has 0 spiro atoms. The number of ether oxygens (including phenoxy) is 1. The molecule has 2 aromatic rings. The van der Waals surface area contributed by atoms with E-state index in [4.69, 9.17) is 9.15 Å². The minimum absolute atomic E-state index is 0.0962. The predicted octanol–water partition coefficient (Wildman–Crippen LogP) is 2.19. The number of hydrogen-bond acceptors (Lipinski definition) is 5. The smallest absolute Gasteiger partial charge is 0.248 e. The number of amides is 1. The Morgan fingerprint density at radius 3 is 2.92 bits per heavy atom. The molecular formula is C19H26N4O3. The van der Waals surface area contributed by atoms with E-state index in [1.165, 1.54) is 0 Å². The molecule has 140 valence electrons. The number of likely N-dealkylation sites (tertiary alicyclic amines) is 1. The second kappa shape index (κ2) is 7.63. The lowest BCUT2D eigenvalue weighted by atomic mass is 10.2. The first-order valence-corrected chi connectivity index (χ1v) is 9.38. The molecule has 0 aliphatic carbocycles. The van der Waals surface area contributed by atoms with E-state index in [0.717, 1.165) is 62.8 Å². The summed E-state index contributed by atoms with van der Waals surface area (Å²) < 4.78 is 13.4. The van der Waals surface area contributed by atoms with Gasteiger partial charge in [0.1, 0.15) is 18.2 Å². The SMILES string of the molecule is C[C@@H]1c2ncc(COCC(=O)N3CCCC3)n2CCN1Cc1ccco1. The van der Waals surface area contributed by atoms with Crippen molar-refractivity contribution in [3.05, 3.63) is 41.9 Å². The number of rotatable bonds is 6. The first kappa shape index (κ1) is 17.3. The number of carbonyl (C=O) groups is 1. The van der Waals surface area contributed by atoms with Crippen molar-refractivity contribution in [2.75, 3.05) is 26.2 Å². The number of nitrogens with zero attached hydrogens (tertiary/aromatic N) is 4. The molecule has 1 atom stereocenters. The number of furan rings is 1. The zero-order chi connectivity index (χ0) is 17.9. The zero-order valence-electron chi connectivity index (χ0n) is 15.3. The van der Waals surface area contributed by atoms with Crippen LogP contribution < -0.4 is 0 Å². The van der Waals surface area contributed by atoms with E-state index < -0.39 is 0 Å². The van der Waals surface area contributed by atoms with Gasteiger partial charge < -0.3 is 18.6 Å². The van der Waals surface area contributed by atoms with Crippen LogP contribution in [0.3, 0.4) is 0 Å². The summed E-state index contributed by atoms with van der Waals surface area (Å²) in [5.41, 5.74) is 1.04. The number of carbonyl (C=O) groups excluding carboxylic acids is 1. The van der Waals surface area contributed by atoms with Gasteiger partial charge in [0, 0.05) is 26.2 Å². The molecule has 26 heavy (non-hydrogen) atoms. The second-order valence-corrected chi connectivity index (χ2v) is 7.07. The predicted molar refractivity (Wildman–Crippen MR) is 95.2 cm³/mol. The first-order chi connectivity index (χ1) is 12.7. The van der Waals surface area contributed by atoms with Crippen LogP contribution in [0.15, 0.2) is 29.0 Å². The summed E-state index contributed by atoms with van der Waals surface area (Å²) in [4.78, 5) is 20.9. The van der Waals surface area contributed by atoms with Gasteiger partial charge in [0.05, 0.1) is 37.3 Å². The lowest BCUT2D eigenvalue weighted by molar-refractivity contribution is -0.135. The maximum atomic E-state index is 12.1. The average molecular weight is 358 g/mol. The van der Waals surface area contributed by atoms with Gasteiger partial charge in [-0.3, -0.25) is 9.69 Å². The Morgan fingerprint density at radius 2 is 2.15 bits per heavy atom. The molecule has 1 fully saturated rings. The minimum Gasteiger partial charge on any atom is -0.468 e. The highest BCUT2D eigenvalue weighted by molar-refractivity contribution is 5.77. The van der Waals surface area contributed by atoms with Crippen LogP contribution in [0.25, 0.3) is 0 Å². The summed E-state index contributed by atoms with van der Waals surface area (Å²) in [6.45, 7) is 7.09. The van der Waals surface area contributed by atoms with E-state index in [0.29, 0.717) is 6.61 Å². The van der Waals surface area contributed by atoms with Gasteiger partial charge in [-0.25, -0.2) is 4.98 Å². The summed E-state index contributed by atoms with van der Waals surface area (Å²) >= 11 is 0. The maximum Gasteiger partial charge on any atom is 0.248 e. The van der Waals surface area contributed by atoms with E-state index in [-0.39, 0.29) is 18.6 Å². The second-order valence-electron chi connectivity index (χ2n) is 7.07. The van der Waals surface area contributed by atoms with Crippen molar-refractivity contribution in [2.45, 2.75) is 45.5 Å². The zero-order valence-corrected chi connectivity index (χ0v) is 15.3. The molecule has 0 aromatic carbocycles. The Morgan fingerprint density at radius 1 is 1.31 bits per heavy atom. The summed E-state index contributed by atoms with van der Waals surface area (Å²) in [5, 5.41) is 0. The van der Waals surface area contributed by atoms with Crippen molar-refractivity contribution < 1.29 is 13.9 Å². The number of aromatic nitrogens is 2. The van der Waals surface area contributed by atoms with Crippen molar-refractivity contribution in [3.63, 3.8) is 0 Å². The Kier molecular flexibility index (Phi) is 5.08. The molecular weight excluding hydrogens is 332 g/mol. The Balaban J connectivity index is 1.33. The summed E-state index contributed by atoms with van der Waals surface area (Å²) in [6.07, 6.45) is 5.80. The fourth-order valence-corrected chi connectivity index (χ4v) is 3.84. The van der Waals surface area contributed by atoms with Crippen LogP contribution in [0, 0.1) is 0 Å². The monoisotopic (exact) mass is 358 g/mol. The molecule has 4 heterocycles. The third kappa shape index (κ3) is 3.54. The molecule has 7 heteroatoms. The van der Waals surface area contributed by atoms with Gasteiger partial charge in [0.2, 0.25) is 5.91 Å².